The molecule has 0 aliphatic carbocycles. The Balaban J connectivity index is 2.40. The molecule has 0 aliphatic rings. The fourth-order valence-corrected chi connectivity index (χ4v) is 2.24. The van der Waals surface area contributed by atoms with Gasteiger partial charge in [-0.3, -0.25) is 4.79 Å². The minimum absolute atomic E-state index is 0.0213. The van der Waals surface area contributed by atoms with Gasteiger partial charge in [-0.15, -0.1) is 0 Å². The van der Waals surface area contributed by atoms with Crippen molar-refractivity contribution < 1.29 is 4.79 Å². The van der Waals surface area contributed by atoms with Crippen LogP contribution in [0.3, 0.4) is 0 Å². The molecular formula is C13H9Br2NO. The van der Waals surface area contributed by atoms with Crippen LogP contribution >= 0.6 is 31.9 Å². The molecule has 2 nitrogen and oxygen atoms in total. The maximum Gasteiger partial charge on any atom is 0.193 e. The average Bonchev–Trinajstić information content (AvgIpc) is 2.32. The van der Waals surface area contributed by atoms with Gasteiger partial charge in [-0.2, -0.15) is 0 Å². The molecule has 0 saturated heterocycles. The lowest BCUT2D eigenvalue weighted by Gasteiger charge is -2.04. The smallest absolute Gasteiger partial charge is 0.193 e. The van der Waals surface area contributed by atoms with E-state index in [4.69, 9.17) is 5.73 Å². The second-order valence-electron chi connectivity index (χ2n) is 3.58. The van der Waals surface area contributed by atoms with Crippen molar-refractivity contribution in [2.45, 2.75) is 0 Å². The number of ketones is 1. The molecule has 0 spiro atoms. The molecule has 0 bridgehead atoms. The number of benzene rings is 2. The number of hydrogen-bond acceptors (Lipinski definition) is 2. The second kappa shape index (κ2) is 5.02. The Kier molecular flexibility index (Phi) is 3.64. The molecule has 0 fully saturated rings. The Morgan fingerprint density at radius 1 is 1.00 bits per heavy atom. The summed E-state index contributed by atoms with van der Waals surface area (Å²) in [7, 11) is 0. The van der Waals surface area contributed by atoms with Crippen molar-refractivity contribution >= 4 is 43.3 Å². The molecule has 2 N–H and O–H groups in total. The van der Waals surface area contributed by atoms with Crippen molar-refractivity contribution in [1.29, 1.82) is 0 Å². The molecule has 0 amide bonds. The fraction of sp³-hybridized carbons (Fsp3) is 0. The standard InChI is InChI=1S/C13H9Br2NO/c14-10-3-1-2-8(6-10)13(17)9-4-5-12(16)11(15)7-9/h1-7H,16H2. The summed E-state index contributed by atoms with van der Waals surface area (Å²) in [6.45, 7) is 0. The van der Waals surface area contributed by atoms with E-state index >= 15 is 0 Å². The van der Waals surface area contributed by atoms with Crippen LogP contribution in [0.2, 0.25) is 0 Å². The fourth-order valence-electron chi connectivity index (χ4n) is 1.46. The number of carbonyl (C=O) groups is 1. The van der Waals surface area contributed by atoms with Gasteiger partial charge in [0.2, 0.25) is 0 Å². The van der Waals surface area contributed by atoms with Crippen LogP contribution in [0, 0.1) is 0 Å². The molecule has 0 unspecified atom stereocenters. The number of hydrogen-bond donors (Lipinski definition) is 1. The zero-order valence-corrected chi connectivity index (χ0v) is 12.0. The zero-order valence-electron chi connectivity index (χ0n) is 8.78. The van der Waals surface area contributed by atoms with E-state index < -0.39 is 0 Å². The highest BCUT2D eigenvalue weighted by Gasteiger charge is 2.10. The van der Waals surface area contributed by atoms with Crippen molar-refractivity contribution in [3.63, 3.8) is 0 Å². The van der Waals surface area contributed by atoms with Crippen LogP contribution in [-0.4, -0.2) is 5.78 Å². The van der Waals surface area contributed by atoms with Crippen LogP contribution in [0.5, 0.6) is 0 Å². The van der Waals surface area contributed by atoms with Crippen LogP contribution in [0.4, 0.5) is 5.69 Å². The number of nitrogen functional groups attached to an aromatic ring is 1. The van der Waals surface area contributed by atoms with E-state index in [2.05, 4.69) is 31.9 Å². The van der Waals surface area contributed by atoms with Crippen LogP contribution in [0.25, 0.3) is 0 Å². The van der Waals surface area contributed by atoms with Gasteiger partial charge in [0.15, 0.2) is 5.78 Å². The molecule has 0 saturated carbocycles. The summed E-state index contributed by atoms with van der Waals surface area (Å²) in [5, 5.41) is 0. The van der Waals surface area contributed by atoms with E-state index in [1.165, 1.54) is 0 Å². The van der Waals surface area contributed by atoms with E-state index in [0.717, 1.165) is 8.95 Å². The van der Waals surface area contributed by atoms with Gasteiger partial charge in [-0.25, -0.2) is 0 Å². The molecule has 17 heavy (non-hydrogen) atoms. The molecular weight excluding hydrogens is 346 g/mol. The second-order valence-corrected chi connectivity index (χ2v) is 5.35. The number of rotatable bonds is 2. The Morgan fingerprint density at radius 2 is 1.71 bits per heavy atom. The van der Waals surface area contributed by atoms with Gasteiger partial charge in [0.25, 0.3) is 0 Å². The lowest BCUT2D eigenvalue weighted by molar-refractivity contribution is 0.103. The van der Waals surface area contributed by atoms with E-state index in [1.54, 1.807) is 30.3 Å². The van der Waals surface area contributed by atoms with E-state index in [9.17, 15) is 4.79 Å². The third kappa shape index (κ3) is 2.76. The monoisotopic (exact) mass is 353 g/mol. The molecule has 0 heterocycles. The normalized spacial score (nSPS) is 10.2. The van der Waals surface area contributed by atoms with Gasteiger partial charge in [0.1, 0.15) is 0 Å². The quantitative estimate of drug-likeness (QED) is 0.653. The largest absolute Gasteiger partial charge is 0.398 e. The maximum absolute atomic E-state index is 12.2. The first-order chi connectivity index (χ1) is 8.08. The Morgan fingerprint density at radius 3 is 2.35 bits per heavy atom. The van der Waals surface area contributed by atoms with Crippen LogP contribution in [-0.2, 0) is 0 Å². The number of anilines is 1. The van der Waals surface area contributed by atoms with E-state index in [0.29, 0.717) is 16.8 Å². The van der Waals surface area contributed by atoms with Crippen LogP contribution < -0.4 is 5.73 Å². The van der Waals surface area contributed by atoms with Crippen molar-refractivity contribution in [3.05, 3.63) is 62.5 Å². The average molecular weight is 355 g/mol. The van der Waals surface area contributed by atoms with Crippen molar-refractivity contribution in [2.75, 3.05) is 5.73 Å². The maximum atomic E-state index is 12.2. The highest BCUT2D eigenvalue weighted by Crippen LogP contribution is 2.22. The minimum Gasteiger partial charge on any atom is -0.398 e. The molecule has 2 aromatic rings. The number of halogens is 2. The van der Waals surface area contributed by atoms with Crippen molar-refractivity contribution in [3.8, 4) is 0 Å². The summed E-state index contributed by atoms with van der Waals surface area (Å²) < 4.78 is 1.62. The summed E-state index contributed by atoms with van der Waals surface area (Å²) in [5.74, 6) is -0.0213. The Bertz CT molecular complexity index is 581. The van der Waals surface area contributed by atoms with Crippen molar-refractivity contribution in [2.24, 2.45) is 0 Å². The molecule has 2 rings (SSSR count). The first-order valence-corrected chi connectivity index (χ1v) is 6.52. The third-order valence-corrected chi connectivity index (χ3v) is 3.53. The minimum atomic E-state index is -0.0213. The molecule has 4 heteroatoms. The number of nitrogens with two attached hydrogens (primary N) is 1. The first kappa shape index (κ1) is 12.3. The molecule has 86 valence electrons. The van der Waals surface area contributed by atoms with Gasteiger partial charge >= 0.3 is 0 Å². The molecule has 0 radical (unpaired) electrons. The predicted molar refractivity (Wildman–Crippen MR) is 76.1 cm³/mol. The Labute approximate surface area is 116 Å². The molecule has 0 aromatic heterocycles. The van der Waals surface area contributed by atoms with Crippen molar-refractivity contribution in [1.82, 2.24) is 0 Å². The molecule has 0 aliphatic heterocycles. The Hall–Kier alpha value is -1.13. The lowest BCUT2D eigenvalue weighted by atomic mass is 10.0. The van der Waals surface area contributed by atoms with Gasteiger partial charge < -0.3 is 5.73 Å². The third-order valence-electron chi connectivity index (χ3n) is 2.35. The van der Waals surface area contributed by atoms with Gasteiger partial charge in [0, 0.05) is 25.8 Å². The van der Waals surface area contributed by atoms with Gasteiger partial charge in [0.05, 0.1) is 0 Å². The highest BCUT2D eigenvalue weighted by atomic mass is 79.9. The number of carbonyl (C=O) groups excluding carboxylic acids is 1. The van der Waals surface area contributed by atoms with Crippen LogP contribution in [0.15, 0.2) is 51.4 Å². The summed E-state index contributed by atoms with van der Waals surface area (Å²) >= 11 is 6.66. The topological polar surface area (TPSA) is 43.1 Å². The molecule has 2 aromatic carbocycles. The van der Waals surface area contributed by atoms with Crippen LogP contribution in [0.1, 0.15) is 15.9 Å². The lowest BCUT2D eigenvalue weighted by Crippen LogP contribution is -2.01. The summed E-state index contributed by atoms with van der Waals surface area (Å²) in [6.07, 6.45) is 0. The summed E-state index contributed by atoms with van der Waals surface area (Å²) in [5.41, 5.74) is 7.57. The summed E-state index contributed by atoms with van der Waals surface area (Å²) in [4.78, 5) is 12.2. The first-order valence-electron chi connectivity index (χ1n) is 4.93. The highest BCUT2D eigenvalue weighted by molar-refractivity contribution is 9.10. The zero-order chi connectivity index (χ0) is 12.4. The predicted octanol–water partition coefficient (Wildman–Crippen LogP) is 4.02. The van der Waals surface area contributed by atoms with Gasteiger partial charge in [-0.1, -0.05) is 28.1 Å². The SMILES string of the molecule is Nc1ccc(C(=O)c2cccc(Br)c2)cc1Br. The van der Waals surface area contributed by atoms with E-state index in [1.807, 2.05) is 12.1 Å². The van der Waals surface area contributed by atoms with E-state index in [-0.39, 0.29) is 5.78 Å². The summed E-state index contributed by atoms with van der Waals surface area (Å²) in [6, 6.07) is 12.5. The molecule has 0 atom stereocenters. The van der Waals surface area contributed by atoms with Gasteiger partial charge in [-0.05, 0) is 46.3 Å².